The van der Waals surface area contributed by atoms with E-state index in [0.717, 1.165) is 0 Å². The van der Waals surface area contributed by atoms with Gasteiger partial charge in [-0.2, -0.15) is 0 Å². The molecule has 0 spiro atoms. The number of rotatable bonds is 0. The van der Waals surface area contributed by atoms with Crippen molar-refractivity contribution in [1.29, 1.82) is 0 Å². The van der Waals surface area contributed by atoms with E-state index in [0.29, 0.717) is 0 Å². The van der Waals surface area contributed by atoms with Crippen molar-refractivity contribution in [2.75, 3.05) is 0 Å². The second-order valence-corrected chi connectivity index (χ2v) is 1.28. The van der Waals surface area contributed by atoms with Crippen LogP contribution in [0.1, 0.15) is 0 Å². The van der Waals surface area contributed by atoms with Crippen molar-refractivity contribution in [3.8, 4) is 0 Å². The zero-order valence-corrected chi connectivity index (χ0v) is 8.26. The summed E-state index contributed by atoms with van der Waals surface area (Å²) in [5.74, 6) is 0. The van der Waals surface area contributed by atoms with Crippen LogP contribution in [0.3, 0.4) is 0 Å². The molecule has 0 aromatic heterocycles. The van der Waals surface area contributed by atoms with Gasteiger partial charge in [-0.1, -0.05) is 0 Å². The molecule has 0 amide bonds. The fraction of sp³-hybridized carbons (Fsp3) is 0. The second-order valence-electron chi connectivity index (χ2n) is 0.428. The average molecular weight is 214 g/mol. The summed E-state index contributed by atoms with van der Waals surface area (Å²) in [6, 6.07) is 0. The average Bonchev–Trinajstić information content (AvgIpc) is 1.36. The maximum absolute atomic E-state index is 8.63. The number of hydrogen-bond donors (Lipinski definition) is 1. The minimum absolute atomic E-state index is 0. The van der Waals surface area contributed by atoms with Crippen LogP contribution in [0, 0.1) is 0 Å². The number of hydrogen-bond acceptors (Lipinski definition) is 4. The Hall–Kier alpha value is 1.06. The fourth-order valence-electron chi connectivity index (χ4n) is 0. The van der Waals surface area contributed by atoms with Gasteiger partial charge >= 0.3 is 29.6 Å². The molecule has 0 saturated carbocycles. The minimum Gasteiger partial charge on any atom is -0.726 e. The Bertz CT molecular complexity index is 111. The zero-order valence-electron chi connectivity index (χ0n) is 4.50. The molecule has 1 radical (unpaired) electrons. The Kier molecular flexibility index (Phi) is 29.5. The molecular weight excluding hydrogens is 211 g/mol. The van der Waals surface area contributed by atoms with E-state index in [1.165, 1.54) is 0 Å². The molecule has 0 aliphatic carbocycles. The molecule has 8 heteroatoms. The smallest absolute Gasteiger partial charge is 0.726 e. The maximum atomic E-state index is 8.63. The standard InChI is InChI=1S/CH2O.Cu.Na.H2O4S/c1-2;;;1-5(2,3)4/h1H2;;;(H2,1,2,3,4)/q;;+1;/p-1. The molecular formula is CH3CuNaO5S. The summed E-state index contributed by atoms with van der Waals surface area (Å²) in [5.41, 5.74) is 0. The molecule has 0 aliphatic heterocycles. The van der Waals surface area contributed by atoms with Gasteiger partial charge in [0.2, 0.25) is 10.4 Å². The van der Waals surface area contributed by atoms with Gasteiger partial charge in [0.15, 0.2) is 0 Å². The first kappa shape index (κ1) is 22.5. The van der Waals surface area contributed by atoms with Crippen LogP contribution in [0.25, 0.3) is 0 Å². The van der Waals surface area contributed by atoms with Crippen molar-refractivity contribution in [2.45, 2.75) is 0 Å². The van der Waals surface area contributed by atoms with E-state index in [1.54, 1.807) is 0 Å². The molecule has 0 atom stereocenters. The summed E-state index contributed by atoms with van der Waals surface area (Å²) >= 11 is 0. The normalized spacial score (nSPS) is 6.89. The van der Waals surface area contributed by atoms with E-state index in [9.17, 15) is 0 Å². The summed E-state index contributed by atoms with van der Waals surface area (Å²) < 4.78 is 32.8. The first-order valence-electron chi connectivity index (χ1n) is 0.971. The van der Waals surface area contributed by atoms with Gasteiger partial charge in [-0.15, -0.1) is 0 Å². The summed E-state index contributed by atoms with van der Waals surface area (Å²) in [6.45, 7) is 2.00. The summed E-state index contributed by atoms with van der Waals surface area (Å²) in [4.78, 5) is 8.00. The van der Waals surface area contributed by atoms with Gasteiger partial charge in [0.05, 0.1) is 0 Å². The maximum Gasteiger partial charge on any atom is 1.00 e. The van der Waals surface area contributed by atoms with Gasteiger partial charge in [-0.25, -0.2) is 8.42 Å². The summed E-state index contributed by atoms with van der Waals surface area (Å²) in [5, 5.41) is 0. The largest absolute Gasteiger partial charge is 1.00 e. The van der Waals surface area contributed by atoms with E-state index in [-0.39, 0.29) is 46.6 Å². The molecule has 0 aromatic rings. The fourth-order valence-corrected chi connectivity index (χ4v) is 0. The molecule has 0 aliphatic rings. The van der Waals surface area contributed by atoms with E-state index in [2.05, 4.69) is 0 Å². The van der Waals surface area contributed by atoms with Gasteiger partial charge in [-0.3, -0.25) is 4.55 Å². The van der Waals surface area contributed by atoms with Crippen LogP contribution < -0.4 is 29.6 Å². The predicted molar refractivity (Wildman–Crippen MR) is 19.4 cm³/mol. The van der Waals surface area contributed by atoms with Crippen molar-refractivity contribution >= 4 is 17.2 Å². The molecule has 9 heavy (non-hydrogen) atoms. The van der Waals surface area contributed by atoms with Crippen LogP contribution in [-0.2, 0) is 32.3 Å². The van der Waals surface area contributed by atoms with Gasteiger partial charge in [0.25, 0.3) is 0 Å². The van der Waals surface area contributed by atoms with Crippen LogP contribution in [0.4, 0.5) is 0 Å². The van der Waals surface area contributed by atoms with Crippen molar-refractivity contribution < 1.29 is 68.9 Å². The van der Waals surface area contributed by atoms with E-state index in [1.807, 2.05) is 6.79 Å². The van der Waals surface area contributed by atoms with Gasteiger partial charge in [0.1, 0.15) is 6.79 Å². The molecule has 55 valence electrons. The van der Waals surface area contributed by atoms with Crippen LogP contribution >= 0.6 is 0 Å². The van der Waals surface area contributed by atoms with Crippen molar-refractivity contribution in [1.82, 2.24) is 0 Å². The van der Waals surface area contributed by atoms with E-state index >= 15 is 0 Å². The molecule has 0 bridgehead atoms. The first-order valence-corrected chi connectivity index (χ1v) is 2.34. The van der Waals surface area contributed by atoms with Crippen LogP contribution in [0.15, 0.2) is 0 Å². The van der Waals surface area contributed by atoms with E-state index < -0.39 is 10.4 Å². The van der Waals surface area contributed by atoms with Gasteiger partial charge < -0.3 is 9.35 Å². The Balaban J connectivity index is -0.0000000286. The Labute approximate surface area is 85.5 Å². The van der Waals surface area contributed by atoms with Crippen molar-refractivity contribution in [3.05, 3.63) is 0 Å². The molecule has 5 nitrogen and oxygen atoms in total. The van der Waals surface area contributed by atoms with Crippen molar-refractivity contribution in [2.24, 2.45) is 0 Å². The second kappa shape index (κ2) is 11.8. The van der Waals surface area contributed by atoms with Crippen LogP contribution in [0.2, 0.25) is 0 Å². The molecule has 0 fully saturated rings. The Morgan fingerprint density at radius 2 is 1.33 bits per heavy atom. The third kappa shape index (κ3) is 402. The topological polar surface area (TPSA) is 94.5 Å². The number of carbonyl (C=O) groups is 1. The third-order valence-electron chi connectivity index (χ3n) is 0. The molecule has 0 unspecified atom stereocenters. The third-order valence-corrected chi connectivity index (χ3v) is 0. The van der Waals surface area contributed by atoms with Gasteiger partial charge in [-0.05, 0) is 0 Å². The SMILES string of the molecule is C=O.O=S(=O)([O-])O.[Cu].[Na+]. The molecule has 0 aromatic carbocycles. The molecule has 0 rings (SSSR count). The molecule has 0 saturated heterocycles. The monoisotopic (exact) mass is 213 g/mol. The number of carbonyl (C=O) groups excluding carboxylic acids is 1. The Morgan fingerprint density at radius 3 is 1.33 bits per heavy atom. The van der Waals surface area contributed by atoms with Crippen LogP contribution in [0.5, 0.6) is 0 Å². The van der Waals surface area contributed by atoms with Gasteiger partial charge in [0, 0.05) is 17.1 Å². The van der Waals surface area contributed by atoms with Crippen LogP contribution in [-0.4, -0.2) is 24.3 Å². The quantitative estimate of drug-likeness (QED) is 0.250. The molecule has 1 N–H and O–H groups in total. The summed E-state index contributed by atoms with van der Waals surface area (Å²) in [6.07, 6.45) is 0. The minimum atomic E-state index is -4.92. The Morgan fingerprint density at radius 1 is 1.33 bits per heavy atom. The summed E-state index contributed by atoms with van der Waals surface area (Å²) in [7, 11) is -4.92. The predicted octanol–water partition coefficient (Wildman–Crippen LogP) is -4.18. The molecule has 0 heterocycles. The zero-order chi connectivity index (χ0) is 6.50. The van der Waals surface area contributed by atoms with Crippen molar-refractivity contribution in [3.63, 3.8) is 0 Å². The first-order chi connectivity index (χ1) is 3.00. The van der Waals surface area contributed by atoms with E-state index in [4.69, 9.17) is 22.3 Å².